The Balaban J connectivity index is 2.00. The van der Waals surface area contributed by atoms with Crippen molar-refractivity contribution in [1.29, 1.82) is 0 Å². The summed E-state index contributed by atoms with van der Waals surface area (Å²) in [5, 5.41) is 4.86. The first kappa shape index (κ1) is 14.1. The van der Waals surface area contributed by atoms with Crippen LogP contribution in [0.2, 0.25) is 0 Å². The third-order valence-electron chi connectivity index (χ3n) is 3.71. The van der Waals surface area contributed by atoms with E-state index in [1.54, 1.807) is 4.90 Å². The second-order valence-corrected chi connectivity index (χ2v) is 6.04. The number of nitrogens with zero attached hydrogens (tertiary/aromatic N) is 1. The minimum atomic E-state index is -0.424. The van der Waals surface area contributed by atoms with E-state index in [9.17, 15) is 9.59 Å². The molecule has 2 amide bonds. The number of anilines is 1. The molecule has 1 atom stereocenters. The minimum absolute atomic E-state index is 0.0476. The Hall–Kier alpha value is -1.88. The van der Waals surface area contributed by atoms with Crippen molar-refractivity contribution in [3.05, 3.63) is 40.9 Å². The summed E-state index contributed by atoms with van der Waals surface area (Å²) < 4.78 is 1.02. The summed E-state index contributed by atoms with van der Waals surface area (Å²) in [6.07, 6.45) is 0.599. The van der Waals surface area contributed by atoms with Gasteiger partial charge in [0.2, 0.25) is 11.8 Å². The van der Waals surface area contributed by atoms with Crippen LogP contribution < -0.4 is 10.2 Å². The van der Waals surface area contributed by atoms with Crippen molar-refractivity contribution in [2.45, 2.75) is 19.4 Å². The first-order valence-corrected chi connectivity index (χ1v) is 7.68. The van der Waals surface area contributed by atoms with E-state index in [1.807, 2.05) is 43.3 Å². The highest BCUT2D eigenvalue weighted by Crippen LogP contribution is 2.26. The van der Waals surface area contributed by atoms with Gasteiger partial charge < -0.3 is 10.2 Å². The monoisotopic (exact) mass is 346 g/mol. The molecule has 0 radical (unpaired) electrons. The maximum Gasteiger partial charge on any atom is 0.250 e. The van der Waals surface area contributed by atoms with Crippen LogP contribution >= 0.6 is 15.9 Å². The van der Waals surface area contributed by atoms with E-state index < -0.39 is 6.04 Å². The summed E-state index contributed by atoms with van der Waals surface area (Å²) in [6.45, 7) is 1.97. The maximum atomic E-state index is 12.4. The number of halogens is 1. The van der Waals surface area contributed by atoms with Gasteiger partial charge in [-0.2, -0.15) is 0 Å². The van der Waals surface area contributed by atoms with Crippen molar-refractivity contribution in [3.63, 3.8) is 0 Å². The van der Waals surface area contributed by atoms with Crippen LogP contribution in [0.3, 0.4) is 0 Å². The molecule has 4 nitrogen and oxygen atoms in total. The molecule has 108 valence electrons. The Bertz CT molecular complexity index is 729. The largest absolute Gasteiger partial charge is 0.343 e. The van der Waals surface area contributed by atoms with Gasteiger partial charge in [-0.1, -0.05) is 35.0 Å². The van der Waals surface area contributed by atoms with E-state index in [-0.39, 0.29) is 18.4 Å². The molecule has 1 heterocycles. The molecule has 1 aliphatic rings. The molecule has 1 aliphatic heterocycles. The number of benzene rings is 2. The molecule has 2 aromatic rings. The van der Waals surface area contributed by atoms with E-state index >= 15 is 0 Å². The summed E-state index contributed by atoms with van der Waals surface area (Å²) in [4.78, 5) is 25.7. The zero-order valence-corrected chi connectivity index (χ0v) is 13.2. The normalized spacial score (nSPS) is 19.0. The van der Waals surface area contributed by atoms with Crippen molar-refractivity contribution in [1.82, 2.24) is 5.32 Å². The second-order valence-electron chi connectivity index (χ2n) is 5.13. The number of nitrogens with one attached hydrogen (secondary N) is 1. The lowest BCUT2D eigenvalue weighted by molar-refractivity contribution is -0.131. The van der Waals surface area contributed by atoms with Crippen LogP contribution in [-0.4, -0.2) is 24.4 Å². The molecule has 1 unspecified atom stereocenters. The number of piperazine rings is 1. The molecule has 1 fully saturated rings. The van der Waals surface area contributed by atoms with Crippen molar-refractivity contribution < 1.29 is 9.59 Å². The lowest BCUT2D eigenvalue weighted by Crippen LogP contribution is -2.58. The highest BCUT2D eigenvalue weighted by atomic mass is 79.9. The Kier molecular flexibility index (Phi) is 3.68. The number of carbonyl (C=O) groups is 2. The molecule has 0 aromatic heterocycles. The first-order valence-electron chi connectivity index (χ1n) is 6.88. The fraction of sp³-hybridized carbons (Fsp3) is 0.250. The molecule has 1 saturated heterocycles. The van der Waals surface area contributed by atoms with Gasteiger partial charge in [-0.3, -0.25) is 9.59 Å². The summed E-state index contributed by atoms with van der Waals surface area (Å²) in [6, 6.07) is 11.4. The minimum Gasteiger partial charge on any atom is -0.343 e. The SMILES string of the molecule is CCC1NC(=O)CN(c2ccc3cc(Br)ccc3c2)C1=O. The van der Waals surface area contributed by atoms with Crippen LogP contribution in [0.15, 0.2) is 40.9 Å². The highest BCUT2D eigenvalue weighted by Gasteiger charge is 2.32. The average molecular weight is 347 g/mol. The van der Waals surface area contributed by atoms with Gasteiger partial charge in [0, 0.05) is 10.2 Å². The molecular formula is C16H15BrN2O2. The Morgan fingerprint density at radius 1 is 1.19 bits per heavy atom. The maximum absolute atomic E-state index is 12.4. The predicted molar refractivity (Wildman–Crippen MR) is 86.2 cm³/mol. The Morgan fingerprint density at radius 3 is 2.67 bits per heavy atom. The summed E-state index contributed by atoms with van der Waals surface area (Å²) in [5.41, 5.74) is 0.767. The molecule has 0 saturated carbocycles. The van der Waals surface area contributed by atoms with Crippen LogP contribution in [0, 0.1) is 0 Å². The van der Waals surface area contributed by atoms with Crippen LogP contribution in [-0.2, 0) is 9.59 Å². The van der Waals surface area contributed by atoms with Gasteiger partial charge in [-0.15, -0.1) is 0 Å². The van der Waals surface area contributed by atoms with Gasteiger partial charge in [0.25, 0.3) is 0 Å². The fourth-order valence-corrected chi connectivity index (χ4v) is 2.96. The van der Waals surface area contributed by atoms with Crippen LogP contribution in [0.5, 0.6) is 0 Å². The molecule has 0 bridgehead atoms. The van der Waals surface area contributed by atoms with Gasteiger partial charge in [0.05, 0.1) is 0 Å². The molecule has 0 spiro atoms. The molecule has 3 rings (SSSR count). The van der Waals surface area contributed by atoms with Crippen molar-refractivity contribution in [2.24, 2.45) is 0 Å². The van der Waals surface area contributed by atoms with Crippen molar-refractivity contribution in [2.75, 3.05) is 11.4 Å². The lowest BCUT2D eigenvalue weighted by atomic mass is 10.1. The van der Waals surface area contributed by atoms with Gasteiger partial charge >= 0.3 is 0 Å². The number of hydrogen-bond acceptors (Lipinski definition) is 2. The van der Waals surface area contributed by atoms with E-state index in [4.69, 9.17) is 0 Å². The number of hydrogen-bond donors (Lipinski definition) is 1. The molecule has 2 aromatic carbocycles. The summed E-state index contributed by atoms with van der Waals surface area (Å²) >= 11 is 3.44. The number of fused-ring (bicyclic) bond motifs is 1. The molecule has 1 N–H and O–H groups in total. The van der Waals surface area contributed by atoms with Crippen molar-refractivity contribution >= 4 is 44.2 Å². The zero-order valence-electron chi connectivity index (χ0n) is 11.6. The highest BCUT2D eigenvalue weighted by molar-refractivity contribution is 9.10. The fourth-order valence-electron chi connectivity index (χ4n) is 2.58. The molecule has 21 heavy (non-hydrogen) atoms. The topological polar surface area (TPSA) is 49.4 Å². The van der Waals surface area contributed by atoms with Crippen LogP contribution in [0.4, 0.5) is 5.69 Å². The molecule has 0 aliphatic carbocycles. The Morgan fingerprint density at radius 2 is 1.90 bits per heavy atom. The standard InChI is InChI=1S/C16H15BrN2O2/c1-2-14-16(21)19(9-15(20)18-14)13-6-4-10-7-12(17)5-3-11(10)8-13/h3-8,14H,2,9H2,1H3,(H,18,20). The zero-order chi connectivity index (χ0) is 15.0. The van der Waals surface area contributed by atoms with E-state index in [1.165, 1.54) is 0 Å². The van der Waals surface area contributed by atoms with Gasteiger partial charge in [0.15, 0.2) is 0 Å². The number of carbonyl (C=O) groups excluding carboxylic acids is 2. The first-order chi connectivity index (χ1) is 10.1. The smallest absolute Gasteiger partial charge is 0.250 e. The van der Waals surface area contributed by atoms with Crippen LogP contribution in [0.25, 0.3) is 10.8 Å². The summed E-state index contributed by atoms with van der Waals surface area (Å²) in [7, 11) is 0. The van der Waals surface area contributed by atoms with Gasteiger partial charge in [-0.25, -0.2) is 0 Å². The molecular weight excluding hydrogens is 332 g/mol. The quantitative estimate of drug-likeness (QED) is 0.908. The van der Waals surface area contributed by atoms with E-state index in [0.717, 1.165) is 20.9 Å². The number of rotatable bonds is 2. The predicted octanol–water partition coefficient (Wildman–Crippen LogP) is 2.84. The van der Waals surface area contributed by atoms with E-state index in [0.29, 0.717) is 6.42 Å². The van der Waals surface area contributed by atoms with Crippen LogP contribution in [0.1, 0.15) is 13.3 Å². The number of amides is 2. The second kappa shape index (κ2) is 5.48. The summed E-state index contributed by atoms with van der Waals surface area (Å²) in [5.74, 6) is -0.161. The third kappa shape index (κ3) is 2.65. The van der Waals surface area contributed by atoms with E-state index in [2.05, 4.69) is 21.2 Å². The third-order valence-corrected chi connectivity index (χ3v) is 4.20. The average Bonchev–Trinajstić information content (AvgIpc) is 2.48. The van der Waals surface area contributed by atoms with Gasteiger partial charge in [-0.05, 0) is 41.5 Å². The Labute approximate surface area is 131 Å². The van der Waals surface area contributed by atoms with Gasteiger partial charge in [0.1, 0.15) is 12.6 Å². The lowest BCUT2D eigenvalue weighted by Gasteiger charge is -2.32. The van der Waals surface area contributed by atoms with Crippen molar-refractivity contribution in [3.8, 4) is 0 Å². The molecule has 5 heteroatoms.